The minimum Gasteiger partial charge on any atom is -0.465 e. The van der Waals surface area contributed by atoms with Crippen molar-refractivity contribution >= 4 is 17.9 Å². The molecule has 3 aromatic rings. The fourth-order valence-electron chi connectivity index (χ4n) is 5.00. The van der Waals surface area contributed by atoms with Gasteiger partial charge in [-0.2, -0.15) is 0 Å². The van der Waals surface area contributed by atoms with E-state index >= 15 is 0 Å². The minimum atomic E-state index is -0.404. The van der Waals surface area contributed by atoms with Gasteiger partial charge in [-0.1, -0.05) is 18.2 Å². The molecule has 0 heterocycles. The van der Waals surface area contributed by atoms with Crippen molar-refractivity contribution < 1.29 is 28.6 Å². The van der Waals surface area contributed by atoms with Crippen LogP contribution in [0.15, 0.2) is 54.6 Å². The Hall–Kier alpha value is -3.93. The molecule has 32 heavy (non-hydrogen) atoms. The molecule has 2 bridgehead atoms. The molecule has 3 aliphatic rings. The van der Waals surface area contributed by atoms with Crippen LogP contribution in [0.4, 0.5) is 0 Å². The summed E-state index contributed by atoms with van der Waals surface area (Å²) in [6.45, 7) is 0. The number of hydrogen-bond acceptors (Lipinski definition) is 6. The summed E-state index contributed by atoms with van der Waals surface area (Å²) in [5.74, 6) is -1.53. The number of esters is 3. The van der Waals surface area contributed by atoms with Crippen LogP contribution in [-0.4, -0.2) is 39.2 Å². The largest absolute Gasteiger partial charge is 0.465 e. The predicted octanol–water partition coefficient (Wildman–Crippen LogP) is 4.03. The van der Waals surface area contributed by atoms with E-state index in [9.17, 15) is 14.4 Å². The lowest BCUT2D eigenvalue weighted by Crippen LogP contribution is -2.28. The van der Waals surface area contributed by atoms with Crippen LogP contribution in [0.2, 0.25) is 0 Å². The van der Waals surface area contributed by atoms with Crippen molar-refractivity contribution in [3.63, 3.8) is 0 Å². The summed E-state index contributed by atoms with van der Waals surface area (Å²) >= 11 is 0. The lowest BCUT2D eigenvalue weighted by molar-refractivity contribution is 0.0591. The number of carbonyl (C=O) groups is 3. The van der Waals surface area contributed by atoms with E-state index in [1.165, 1.54) is 21.3 Å². The smallest absolute Gasteiger partial charge is 0.337 e. The van der Waals surface area contributed by atoms with Gasteiger partial charge < -0.3 is 14.2 Å². The molecule has 6 rings (SSSR count). The highest BCUT2D eigenvalue weighted by Crippen LogP contribution is 2.56. The second-order valence-corrected chi connectivity index (χ2v) is 7.87. The van der Waals surface area contributed by atoms with Crippen molar-refractivity contribution in [3.8, 4) is 0 Å². The number of benzene rings is 3. The third-order valence-electron chi connectivity index (χ3n) is 6.39. The van der Waals surface area contributed by atoms with Crippen LogP contribution >= 0.6 is 0 Å². The molecular formula is C26H20O6. The fourth-order valence-corrected chi connectivity index (χ4v) is 5.00. The maximum atomic E-state index is 12.2. The predicted molar refractivity (Wildman–Crippen MR) is 115 cm³/mol. The van der Waals surface area contributed by atoms with Crippen molar-refractivity contribution in [2.75, 3.05) is 21.3 Å². The maximum absolute atomic E-state index is 12.2. The van der Waals surface area contributed by atoms with Gasteiger partial charge in [0.2, 0.25) is 0 Å². The Bertz CT molecular complexity index is 1240. The van der Waals surface area contributed by atoms with E-state index in [0.717, 1.165) is 33.4 Å². The molecule has 6 heteroatoms. The van der Waals surface area contributed by atoms with E-state index in [-0.39, 0.29) is 11.8 Å². The second kappa shape index (κ2) is 7.34. The van der Waals surface area contributed by atoms with Crippen molar-refractivity contribution in [3.05, 3.63) is 105 Å². The third kappa shape index (κ3) is 2.76. The Morgan fingerprint density at radius 3 is 1.06 bits per heavy atom. The summed E-state index contributed by atoms with van der Waals surface area (Å²) in [4.78, 5) is 36.6. The first-order valence-electron chi connectivity index (χ1n) is 10.1. The van der Waals surface area contributed by atoms with E-state index in [1.807, 2.05) is 36.4 Å². The molecular weight excluding hydrogens is 408 g/mol. The quantitative estimate of drug-likeness (QED) is 0.319. The fraction of sp³-hybridized carbons (Fsp3) is 0.192. The number of carbonyl (C=O) groups excluding carboxylic acids is 3. The molecule has 0 saturated carbocycles. The van der Waals surface area contributed by atoms with Crippen molar-refractivity contribution in [2.24, 2.45) is 0 Å². The molecule has 3 aromatic carbocycles. The first kappa shape index (κ1) is 20.0. The van der Waals surface area contributed by atoms with Crippen LogP contribution in [-0.2, 0) is 14.2 Å². The molecule has 6 nitrogen and oxygen atoms in total. The lowest BCUT2D eigenvalue weighted by atomic mass is 9.60. The molecule has 0 spiro atoms. The van der Waals surface area contributed by atoms with Gasteiger partial charge in [-0.15, -0.1) is 0 Å². The normalized spacial score (nSPS) is 17.0. The summed E-state index contributed by atoms with van der Waals surface area (Å²) in [5.41, 5.74) is 7.59. The Kier molecular flexibility index (Phi) is 4.59. The summed E-state index contributed by atoms with van der Waals surface area (Å²) in [6.07, 6.45) is 0. The average molecular weight is 428 g/mol. The second-order valence-electron chi connectivity index (χ2n) is 7.87. The highest BCUT2D eigenvalue weighted by molar-refractivity contribution is 5.93. The molecule has 0 radical (unpaired) electrons. The van der Waals surface area contributed by atoms with E-state index < -0.39 is 17.9 Å². The number of rotatable bonds is 3. The van der Waals surface area contributed by atoms with Crippen LogP contribution in [0.3, 0.4) is 0 Å². The summed E-state index contributed by atoms with van der Waals surface area (Å²) < 4.78 is 14.7. The number of hydrogen-bond donors (Lipinski definition) is 0. The van der Waals surface area contributed by atoms with Gasteiger partial charge in [-0.05, 0) is 69.8 Å². The Balaban J connectivity index is 1.76. The summed E-state index contributed by atoms with van der Waals surface area (Å²) in [6, 6.07) is 16.7. The van der Waals surface area contributed by atoms with Gasteiger partial charge in [0.05, 0.1) is 38.0 Å². The van der Waals surface area contributed by atoms with Crippen LogP contribution in [0.25, 0.3) is 0 Å². The highest BCUT2D eigenvalue weighted by Gasteiger charge is 2.42. The molecule has 0 amide bonds. The molecule has 0 saturated heterocycles. The Labute approximate surface area is 184 Å². The molecule has 3 aliphatic carbocycles. The topological polar surface area (TPSA) is 78.9 Å². The molecule has 0 aliphatic heterocycles. The highest BCUT2D eigenvalue weighted by atomic mass is 16.5. The SMILES string of the molecule is COC(=O)c1ccc2c(c1)C1c3ccc(C(=O)OC)cc3C2c2cc(C(=O)OC)ccc21. The van der Waals surface area contributed by atoms with Gasteiger partial charge in [0.15, 0.2) is 0 Å². The average Bonchev–Trinajstić information content (AvgIpc) is 2.85. The van der Waals surface area contributed by atoms with Crippen LogP contribution < -0.4 is 0 Å². The minimum absolute atomic E-state index is 0.136. The summed E-state index contributed by atoms with van der Waals surface area (Å²) in [5, 5.41) is 0. The molecule has 0 N–H and O–H groups in total. The zero-order valence-corrected chi connectivity index (χ0v) is 17.8. The molecule has 0 atom stereocenters. The van der Waals surface area contributed by atoms with Crippen LogP contribution in [0.5, 0.6) is 0 Å². The lowest BCUT2D eigenvalue weighted by Gasteiger charge is -2.42. The zero-order valence-electron chi connectivity index (χ0n) is 17.8. The number of methoxy groups -OCH3 is 3. The summed E-state index contributed by atoms with van der Waals surface area (Å²) in [7, 11) is 4.08. The molecule has 0 fully saturated rings. The standard InChI is InChI=1S/C26H20O6/c1-30-24(27)13-6-9-18-19(10-13)22-16-7-4-14(25(28)31-2)11-20(16)23(18)21-12-15(26(29)32-3)5-8-17(21)22/h4-12,22-23H,1-3H3. The van der Waals surface area contributed by atoms with Gasteiger partial charge in [0, 0.05) is 11.8 Å². The molecule has 160 valence electrons. The van der Waals surface area contributed by atoms with Crippen LogP contribution in [0, 0.1) is 0 Å². The van der Waals surface area contributed by atoms with Crippen molar-refractivity contribution in [2.45, 2.75) is 11.8 Å². The molecule has 0 unspecified atom stereocenters. The van der Waals surface area contributed by atoms with Crippen molar-refractivity contribution in [1.82, 2.24) is 0 Å². The van der Waals surface area contributed by atoms with Crippen molar-refractivity contribution in [1.29, 1.82) is 0 Å². The van der Waals surface area contributed by atoms with Gasteiger partial charge in [0.1, 0.15) is 0 Å². The zero-order chi connectivity index (χ0) is 22.6. The van der Waals surface area contributed by atoms with E-state index in [4.69, 9.17) is 14.2 Å². The first-order chi connectivity index (χ1) is 15.5. The monoisotopic (exact) mass is 428 g/mol. The molecule has 0 aromatic heterocycles. The van der Waals surface area contributed by atoms with E-state index in [2.05, 4.69) is 0 Å². The van der Waals surface area contributed by atoms with E-state index in [0.29, 0.717) is 16.7 Å². The van der Waals surface area contributed by atoms with Gasteiger partial charge in [-0.25, -0.2) is 14.4 Å². The third-order valence-corrected chi connectivity index (χ3v) is 6.39. The maximum Gasteiger partial charge on any atom is 0.337 e. The van der Waals surface area contributed by atoms with Gasteiger partial charge in [0.25, 0.3) is 0 Å². The van der Waals surface area contributed by atoms with Crippen LogP contribution in [0.1, 0.15) is 76.3 Å². The first-order valence-corrected chi connectivity index (χ1v) is 10.1. The van der Waals surface area contributed by atoms with Gasteiger partial charge in [-0.3, -0.25) is 0 Å². The number of ether oxygens (including phenoxy) is 3. The Morgan fingerprint density at radius 1 is 0.500 bits per heavy atom. The van der Waals surface area contributed by atoms with Gasteiger partial charge >= 0.3 is 17.9 Å². The van der Waals surface area contributed by atoms with E-state index in [1.54, 1.807) is 18.2 Å². The Morgan fingerprint density at radius 2 is 0.781 bits per heavy atom.